The van der Waals surface area contributed by atoms with Gasteiger partial charge in [-0.15, -0.1) is 0 Å². The van der Waals surface area contributed by atoms with E-state index in [-0.39, 0.29) is 11.7 Å². The van der Waals surface area contributed by atoms with Gasteiger partial charge < -0.3 is 15.8 Å². The van der Waals surface area contributed by atoms with E-state index in [0.29, 0.717) is 12.5 Å². The van der Waals surface area contributed by atoms with Crippen molar-refractivity contribution < 1.29 is 9.53 Å². The summed E-state index contributed by atoms with van der Waals surface area (Å²) in [5, 5.41) is 2.72. The number of amides is 1. The highest BCUT2D eigenvalue weighted by molar-refractivity contribution is 5.70. The number of carbonyl (C=O) groups is 1. The molecule has 2 fully saturated rings. The third-order valence-corrected chi connectivity index (χ3v) is 3.21. The molecule has 1 saturated heterocycles. The molecule has 74 valence electrons. The minimum Gasteiger partial charge on any atom is -0.441 e. The van der Waals surface area contributed by atoms with Crippen molar-refractivity contribution in [1.29, 1.82) is 0 Å². The van der Waals surface area contributed by atoms with Crippen LogP contribution in [0.3, 0.4) is 0 Å². The van der Waals surface area contributed by atoms with Crippen molar-refractivity contribution in [3.05, 3.63) is 0 Å². The Morgan fingerprint density at radius 2 is 2.23 bits per heavy atom. The predicted octanol–water partition coefficient (Wildman–Crippen LogP) is 0.614. The summed E-state index contributed by atoms with van der Waals surface area (Å²) in [7, 11) is 0. The predicted molar refractivity (Wildman–Crippen MR) is 48.2 cm³/mol. The van der Waals surface area contributed by atoms with Gasteiger partial charge in [-0.3, -0.25) is 0 Å². The summed E-state index contributed by atoms with van der Waals surface area (Å²) in [6.45, 7) is 1.45. The maximum Gasteiger partial charge on any atom is 0.407 e. The molecule has 0 atom stereocenters. The van der Waals surface area contributed by atoms with E-state index in [4.69, 9.17) is 10.5 Å². The van der Waals surface area contributed by atoms with E-state index < -0.39 is 0 Å². The van der Waals surface area contributed by atoms with Crippen LogP contribution in [0.25, 0.3) is 0 Å². The zero-order chi connectivity index (χ0) is 9.31. The molecule has 0 bridgehead atoms. The van der Waals surface area contributed by atoms with Crippen molar-refractivity contribution in [2.24, 2.45) is 11.7 Å². The Labute approximate surface area is 77.8 Å². The highest BCUT2D eigenvalue weighted by Crippen LogP contribution is 2.36. The molecule has 2 rings (SSSR count). The van der Waals surface area contributed by atoms with Crippen LogP contribution in [0.1, 0.15) is 25.7 Å². The van der Waals surface area contributed by atoms with E-state index in [2.05, 4.69) is 5.32 Å². The van der Waals surface area contributed by atoms with Crippen LogP contribution in [0.2, 0.25) is 0 Å². The van der Waals surface area contributed by atoms with Crippen molar-refractivity contribution in [1.82, 2.24) is 5.32 Å². The summed E-state index contributed by atoms with van der Waals surface area (Å²) in [5.74, 6) is 0.630. The number of hydrogen-bond donors (Lipinski definition) is 2. The fraction of sp³-hybridized carbons (Fsp3) is 0.889. The number of rotatable bonds is 1. The van der Waals surface area contributed by atoms with Crippen LogP contribution in [0.15, 0.2) is 0 Å². The van der Waals surface area contributed by atoms with Gasteiger partial charge in [-0.05, 0) is 38.1 Å². The van der Waals surface area contributed by atoms with Crippen molar-refractivity contribution in [3.8, 4) is 0 Å². The van der Waals surface area contributed by atoms with Crippen LogP contribution < -0.4 is 11.1 Å². The molecule has 0 radical (unpaired) electrons. The third-order valence-electron chi connectivity index (χ3n) is 3.21. The molecule has 0 unspecified atom stereocenters. The molecule has 3 N–H and O–H groups in total. The van der Waals surface area contributed by atoms with Gasteiger partial charge in [0.2, 0.25) is 0 Å². The zero-order valence-corrected chi connectivity index (χ0v) is 7.71. The van der Waals surface area contributed by atoms with E-state index in [0.717, 1.165) is 32.2 Å². The monoisotopic (exact) mass is 184 g/mol. The van der Waals surface area contributed by atoms with Gasteiger partial charge in [-0.25, -0.2) is 4.79 Å². The zero-order valence-electron chi connectivity index (χ0n) is 7.71. The smallest absolute Gasteiger partial charge is 0.407 e. The number of alkyl carbamates (subject to hydrolysis) is 1. The largest absolute Gasteiger partial charge is 0.441 e. The van der Waals surface area contributed by atoms with E-state index in [1.165, 1.54) is 0 Å². The Hall–Kier alpha value is -0.770. The Balaban J connectivity index is 1.93. The van der Waals surface area contributed by atoms with Crippen LogP contribution in [0.5, 0.6) is 0 Å². The number of ether oxygens (including phenoxy) is 1. The number of hydrogen-bond acceptors (Lipinski definition) is 3. The van der Waals surface area contributed by atoms with E-state index in [9.17, 15) is 4.79 Å². The third kappa shape index (κ3) is 1.63. The quantitative estimate of drug-likeness (QED) is 0.627. The van der Waals surface area contributed by atoms with Gasteiger partial charge in [0.05, 0.1) is 6.54 Å². The van der Waals surface area contributed by atoms with Gasteiger partial charge in [0.25, 0.3) is 0 Å². The Morgan fingerprint density at radius 1 is 1.54 bits per heavy atom. The molecule has 4 nitrogen and oxygen atoms in total. The summed E-state index contributed by atoms with van der Waals surface area (Å²) in [6, 6.07) is 0. The number of carbonyl (C=O) groups excluding carboxylic acids is 1. The second kappa shape index (κ2) is 3.18. The lowest BCUT2D eigenvalue weighted by Gasteiger charge is -2.34. The topological polar surface area (TPSA) is 64.3 Å². The average molecular weight is 184 g/mol. The molecule has 1 saturated carbocycles. The Kier molecular flexibility index (Phi) is 2.15. The number of nitrogens with one attached hydrogen (secondary N) is 1. The van der Waals surface area contributed by atoms with Crippen molar-refractivity contribution in [2.45, 2.75) is 31.3 Å². The van der Waals surface area contributed by atoms with E-state index in [1.807, 2.05) is 0 Å². The van der Waals surface area contributed by atoms with Crippen LogP contribution >= 0.6 is 0 Å². The highest BCUT2D eigenvalue weighted by atomic mass is 16.6. The first kappa shape index (κ1) is 8.81. The van der Waals surface area contributed by atoms with Crippen molar-refractivity contribution >= 4 is 6.09 Å². The number of nitrogens with two attached hydrogens (primary N) is 1. The van der Waals surface area contributed by atoms with Crippen LogP contribution in [0.4, 0.5) is 4.79 Å². The lowest BCUT2D eigenvalue weighted by atomic mass is 9.79. The van der Waals surface area contributed by atoms with Crippen LogP contribution in [-0.2, 0) is 4.74 Å². The van der Waals surface area contributed by atoms with Crippen LogP contribution in [0, 0.1) is 5.92 Å². The molecule has 2 aliphatic rings. The molecule has 0 aromatic rings. The molecule has 4 heteroatoms. The lowest BCUT2D eigenvalue weighted by Crippen LogP contribution is -2.39. The Morgan fingerprint density at radius 3 is 2.69 bits per heavy atom. The standard InChI is InChI=1S/C9H16N2O2/c10-5-7-1-3-9(4-2-7)6-11-8(12)13-9/h7H,1-6,10H2,(H,11,12). The molecular weight excluding hydrogens is 168 g/mol. The summed E-state index contributed by atoms with van der Waals surface area (Å²) >= 11 is 0. The summed E-state index contributed by atoms with van der Waals surface area (Å²) < 4.78 is 5.29. The second-order valence-corrected chi connectivity index (χ2v) is 4.11. The minimum absolute atomic E-state index is 0.192. The van der Waals surface area contributed by atoms with Gasteiger partial charge in [0, 0.05) is 0 Å². The van der Waals surface area contributed by atoms with Gasteiger partial charge in [0.1, 0.15) is 5.60 Å². The van der Waals surface area contributed by atoms with E-state index >= 15 is 0 Å². The second-order valence-electron chi connectivity index (χ2n) is 4.11. The summed E-state index contributed by atoms with van der Waals surface area (Å²) in [5.41, 5.74) is 5.40. The molecule has 0 aromatic heterocycles. The first-order chi connectivity index (χ1) is 6.24. The molecule has 0 aromatic carbocycles. The molecular formula is C9H16N2O2. The summed E-state index contributed by atoms with van der Waals surface area (Å²) in [6.07, 6.45) is 3.85. The van der Waals surface area contributed by atoms with Crippen molar-refractivity contribution in [2.75, 3.05) is 13.1 Å². The van der Waals surface area contributed by atoms with Crippen LogP contribution in [-0.4, -0.2) is 24.8 Å². The molecule has 1 heterocycles. The minimum atomic E-state index is -0.258. The SMILES string of the molecule is NCC1CCC2(CC1)CNC(=O)O2. The first-order valence-electron chi connectivity index (χ1n) is 4.91. The highest BCUT2D eigenvalue weighted by Gasteiger charge is 2.42. The average Bonchev–Trinajstić information content (AvgIpc) is 2.49. The first-order valence-corrected chi connectivity index (χ1v) is 4.91. The lowest BCUT2D eigenvalue weighted by molar-refractivity contribution is 0.0144. The van der Waals surface area contributed by atoms with E-state index in [1.54, 1.807) is 0 Å². The molecule has 1 amide bonds. The fourth-order valence-corrected chi connectivity index (χ4v) is 2.22. The molecule has 13 heavy (non-hydrogen) atoms. The van der Waals surface area contributed by atoms with Crippen molar-refractivity contribution in [3.63, 3.8) is 0 Å². The summed E-state index contributed by atoms with van der Waals surface area (Å²) in [4.78, 5) is 10.9. The van der Waals surface area contributed by atoms with Gasteiger partial charge in [0.15, 0.2) is 0 Å². The molecule has 1 aliphatic carbocycles. The Bertz CT molecular complexity index is 210. The van der Waals surface area contributed by atoms with Gasteiger partial charge in [-0.1, -0.05) is 0 Å². The normalized spacial score (nSPS) is 38.8. The van der Waals surface area contributed by atoms with Gasteiger partial charge >= 0.3 is 6.09 Å². The fourth-order valence-electron chi connectivity index (χ4n) is 2.22. The maximum atomic E-state index is 10.9. The maximum absolute atomic E-state index is 10.9. The molecule has 1 spiro atoms. The van der Waals surface area contributed by atoms with Gasteiger partial charge in [-0.2, -0.15) is 0 Å². The molecule has 1 aliphatic heterocycles.